The summed E-state index contributed by atoms with van der Waals surface area (Å²) in [6.45, 7) is 0.275. The van der Waals surface area contributed by atoms with Gasteiger partial charge >= 0.3 is 12.1 Å². The molecule has 1 aromatic rings. The predicted octanol–water partition coefficient (Wildman–Crippen LogP) is 2.48. The van der Waals surface area contributed by atoms with Crippen molar-refractivity contribution in [2.75, 3.05) is 19.0 Å². The number of ether oxygens (including phenoxy) is 2. The summed E-state index contributed by atoms with van der Waals surface area (Å²) < 4.78 is 46.3. The topological polar surface area (TPSA) is 90.7 Å². The predicted molar refractivity (Wildman–Crippen MR) is 80.8 cm³/mol. The van der Waals surface area contributed by atoms with Crippen molar-refractivity contribution in [3.8, 4) is 5.75 Å². The molecular formula is C15H19F3N2O4. The third kappa shape index (κ3) is 6.07. The normalized spacial score (nSPS) is 12.4. The van der Waals surface area contributed by atoms with Crippen LogP contribution < -0.4 is 15.8 Å². The maximum Gasteiger partial charge on any atom is 0.422 e. The zero-order valence-corrected chi connectivity index (χ0v) is 13.3. The van der Waals surface area contributed by atoms with Gasteiger partial charge in [-0.1, -0.05) is 13.3 Å². The van der Waals surface area contributed by atoms with Gasteiger partial charge in [0.15, 0.2) is 6.61 Å². The number of nitrogens with one attached hydrogen (secondary N) is 1. The number of hydrogen-bond acceptors (Lipinski definition) is 5. The van der Waals surface area contributed by atoms with Crippen LogP contribution in [0.4, 0.5) is 18.9 Å². The Labute approximate surface area is 137 Å². The van der Waals surface area contributed by atoms with Crippen LogP contribution in [-0.2, 0) is 9.53 Å². The Bertz CT molecular complexity index is 591. The number of alkyl halides is 3. The minimum Gasteiger partial charge on any atom is -0.482 e. The number of esters is 1. The number of carbonyl (C=O) groups excluding carboxylic acids is 2. The van der Waals surface area contributed by atoms with Gasteiger partial charge in [0, 0.05) is 0 Å². The largest absolute Gasteiger partial charge is 0.482 e. The molecule has 3 N–H and O–H groups in total. The van der Waals surface area contributed by atoms with E-state index in [-0.39, 0.29) is 17.0 Å². The Hall–Kier alpha value is -2.29. The molecule has 1 rings (SSSR count). The van der Waals surface area contributed by atoms with Crippen LogP contribution in [0.2, 0.25) is 0 Å². The average Bonchev–Trinajstić information content (AvgIpc) is 2.52. The van der Waals surface area contributed by atoms with Gasteiger partial charge in [-0.05, 0) is 24.6 Å². The molecule has 0 bridgehead atoms. The molecule has 134 valence electrons. The van der Waals surface area contributed by atoms with Gasteiger partial charge in [-0.3, -0.25) is 4.79 Å². The fourth-order valence-corrected chi connectivity index (χ4v) is 1.82. The molecule has 24 heavy (non-hydrogen) atoms. The first kappa shape index (κ1) is 19.8. The number of methoxy groups -OCH3 is 1. The molecule has 1 amide bonds. The Morgan fingerprint density at radius 3 is 2.54 bits per heavy atom. The second-order valence-electron chi connectivity index (χ2n) is 4.99. The van der Waals surface area contributed by atoms with Crippen molar-refractivity contribution in [1.82, 2.24) is 0 Å². The van der Waals surface area contributed by atoms with E-state index < -0.39 is 30.7 Å². The van der Waals surface area contributed by atoms with Gasteiger partial charge in [0.05, 0.1) is 24.4 Å². The van der Waals surface area contributed by atoms with Gasteiger partial charge in [0.2, 0.25) is 5.91 Å². The number of hydrogen-bond donors (Lipinski definition) is 2. The molecule has 0 heterocycles. The summed E-state index contributed by atoms with van der Waals surface area (Å²) in [5, 5.41) is 2.41. The average molecular weight is 348 g/mol. The summed E-state index contributed by atoms with van der Waals surface area (Å²) in [5.41, 5.74) is 5.64. The summed E-state index contributed by atoms with van der Waals surface area (Å²) in [5.74, 6) is -1.60. The van der Waals surface area contributed by atoms with Crippen LogP contribution in [0.1, 0.15) is 30.1 Å². The van der Waals surface area contributed by atoms with Crippen LogP contribution >= 0.6 is 0 Å². The molecule has 6 nitrogen and oxygen atoms in total. The van der Waals surface area contributed by atoms with Crippen LogP contribution in [0.3, 0.4) is 0 Å². The Morgan fingerprint density at radius 2 is 2.00 bits per heavy atom. The van der Waals surface area contributed by atoms with Crippen LogP contribution in [0.25, 0.3) is 0 Å². The van der Waals surface area contributed by atoms with Crippen LogP contribution in [0, 0.1) is 0 Å². The molecule has 1 atom stereocenters. The highest BCUT2D eigenvalue weighted by atomic mass is 19.4. The summed E-state index contributed by atoms with van der Waals surface area (Å²) >= 11 is 0. The molecule has 0 radical (unpaired) electrons. The number of benzene rings is 1. The smallest absolute Gasteiger partial charge is 0.422 e. The van der Waals surface area contributed by atoms with Crippen molar-refractivity contribution < 1.29 is 32.2 Å². The molecule has 0 aliphatic carbocycles. The van der Waals surface area contributed by atoms with Gasteiger partial charge in [0.1, 0.15) is 5.75 Å². The van der Waals surface area contributed by atoms with Crippen molar-refractivity contribution >= 4 is 17.6 Å². The third-order valence-electron chi connectivity index (χ3n) is 2.99. The number of anilines is 1. The fourth-order valence-electron chi connectivity index (χ4n) is 1.82. The van der Waals surface area contributed by atoms with E-state index >= 15 is 0 Å². The first-order chi connectivity index (χ1) is 11.2. The maximum atomic E-state index is 12.4. The van der Waals surface area contributed by atoms with Gasteiger partial charge in [-0.2, -0.15) is 13.2 Å². The molecule has 1 aromatic carbocycles. The van der Waals surface area contributed by atoms with E-state index in [1.54, 1.807) is 0 Å². The summed E-state index contributed by atoms with van der Waals surface area (Å²) in [7, 11) is 1.14. The third-order valence-corrected chi connectivity index (χ3v) is 2.99. The quantitative estimate of drug-likeness (QED) is 0.739. The van der Waals surface area contributed by atoms with Crippen LogP contribution in [-0.4, -0.2) is 37.8 Å². The second kappa shape index (κ2) is 8.53. The summed E-state index contributed by atoms with van der Waals surface area (Å²) in [6.07, 6.45) is -3.47. The number of halogens is 3. The van der Waals surface area contributed by atoms with E-state index in [0.717, 1.165) is 13.2 Å². The fraction of sp³-hybridized carbons (Fsp3) is 0.467. The highest BCUT2D eigenvalue weighted by Crippen LogP contribution is 2.28. The Kier molecular flexibility index (Phi) is 7.02. The van der Waals surface area contributed by atoms with Crippen molar-refractivity contribution in [2.24, 2.45) is 5.73 Å². The van der Waals surface area contributed by atoms with E-state index in [1.807, 2.05) is 6.92 Å². The van der Waals surface area contributed by atoms with E-state index in [4.69, 9.17) is 5.73 Å². The van der Waals surface area contributed by atoms with E-state index in [1.165, 1.54) is 12.1 Å². The molecule has 0 saturated heterocycles. The Morgan fingerprint density at radius 1 is 1.33 bits per heavy atom. The first-order valence-corrected chi connectivity index (χ1v) is 7.16. The molecule has 9 heteroatoms. The van der Waals surface area contributed by atoms with Crippen LogP contribution in [0.5, 0.6) is 5.75 Å². The minimum atomic E-state index is -4.57. The van der Waals surface area contributed by atoms with Crippen LogP contribution in [0.15, 0.2) is 18.2 Å². The molecule has 0 saturated carbocycles. The number of nitrogens with two attached hydrogens (primary N) is 1. The van der Waals surface area contributed by atoms with Gasteiger partial charge < -0.3 is 20.5 Å². The van der Waals surface area contributed by atoms with Gasteiger partial charge in [-0.15, -0.1) is 0 Å². The first-order valence-electron chi connectivity index (χ1n) is 7.16. The monoisotopic (exact) mass is 348 g/mol. The maximum absolute atomic E-state index is 12.4. The molecular weight excluding hydrogens is 329 g/mol. The van der Waals surface area contributed by atoms with E-state index in [2.05, 4.69) is 14.8 Å². The number of amides is 1. The molecule has 0 aromatic heterocycles. The molecule has 0 spiro atoms. The van der Waals surface area contributed by atoms with Crippen molar-refractivity contribution in [3.05, 3.63) is 23.8 Å². The lowest BCUT2D eigenvalue weighted by atomic mass is 10.1. The minimum absolute atomic E-state index is 0.00877. The zero-order valence-electron chi connectivity index (χ0n) is 13.3. The van der Waals surface area contributed by atoms with Crippen molar-refractivity contribution in [2.45, 2.75) is 32.0 Å². The van der Waals surface area contributed by atoms with E-state index in [9.17, 15) is 22.8 Å². The summed E-state index contributed by atoms with van der Waals surface area (Å²) in [4.78, 5) is 23.4. The van der Waals surface area contributed by atoms with Gasteiger partial charge in [0.25, 0.3) is 0 Å². The number of rotatable bonds is 7. The summed E-state index contributed by atoms with van der Waals surface area (Å²) in [6, 6.07) is 2.83. The SMILES string of the molecule is CCCC(N)C(=O)Nc1ccc(C(=O)OC)cc1OCC(F)(F)F. The lowest BCUT2D eigenvalue weighted by molar-refractivity contribution is -0.153. The molecule has 0 aliphatic rings. The van der Waals surface area contributed by atoms with Crippen molar-refractivity contribution in [1.29, 1.82) is 0 Å². The lowest BCUT2D eigenvalue weighted by Crippen LogP contribution is -2.35. The Balaban J connectivity index is 3.04. The van der Waals surface area contributed by atoms with Gasteiger partial charge in [-0.25, -0.2) is 4.79 Å². The lowest BCUT2D eigenvalue weighted by Gasteiger charge is -2.16. The number of carbonyl (C=O) groups is 2. The highest BCUT2D eigenvalue weighted by molar-refractivity contribution is 5.97. The second-order valence-corrected chi connectivity index (χ2v) is 4.99. The molecule has 1 unspecified atom stereocenters. The van der Waals surface area contributed by atoms with Crippen molar-refractivity contribution in [3.63, 3.8) is 0 Å². The highest BCUT2D eigenvalue weighted by Gasteiger charge is 2.29. The van der Waals surface area contributed by atoms with E-state index in [0.29, 0.717) is 12.8 Å². The standard InChI is InChI=1S/C15H19F3N2O4/c1-3-4-10(19)13(21)20-11-6-5-9(14(22)23-2)7-12(11)24-8-15(16,17)18/h5-7,10H,3-4,8,19H2,1-2H3,(H,20,21). The zero-order chi connectivity index (χ0) is 18.3. The molecule has 0 fully saturated rings. The molecule has 0 aliphatic heterocycles.